The smallest absolute Gasteiger partial charge is 0.258 e. The summed E-state index contributed by atoms with van der Waals surface area (Å²) in [6.07, 6.45) is 1.66. The highest BCUT2D eigenvalue weighted by atomic mass is 32.2. The van der Waals surface area contributed by atoms with Crippen LogP contribution in [0.15, 0.2) is 57.9 Å². The summed E-state index contributed by atoms with van der Waals surface area (Å²) in [5.41, 5.74) is 2.55. The van der Waals surface area contributed by atoms with Crippen LogP contribution < -0.4 is 5.32 Å². The van der Waals surface area contributed by atoms with Crippen molar-refractivity contribution in [2.75, 3.05) is 18.4 Å². The molecule has 8 nitrogen and oxygen atoms in total. The molecule has 1 saturated heterocycles. The lowest BCUT2D eigenvalue weighted by Crippen LogP contribution is -2.38. The van der Waals surface area contributed by atoms with Crippen LogP contribution in [0.2, 0.25) is 0 Å². The molecule has 4 rings (SSSR count). The summed E-state index contributed by atoms with van der Waals surface area (Å²) in [7, 11) is -3.62. The van der Waals surface area contributed by atoms with Crippen molar-refractivity contribution >= 4 is 21.6 Å². The van der Waals surface area contributed by atoms with Gasteiger partial charge in [-0.25, -0.2) is 8.42 Å². The third kappa shape index (κ3) is 5.37. The number of carbonyl (C=O) groups excluding carboxylic acids is 1. The average molecular weight is 483 g/mol. The minimum absolute atomic E-state index is 0.0477. The summed E-state index contributed by atoms with van der Waals surface area (Å²) in [6, 6.07) is 14.2. The summed E-state index contributed by atoms with van der Waals surface area (Å²) in [5, 5.41) is 6.97. The molecule has 1 amide bonds. The number of piperidine rings is 1. The Kier molecular flexibility index (Phi) is 7.13. The highest BCUT2D eigenvalue weighted by molar-refractivity contribution is 7.89. The zero-order chi connectivity index (χ0) is 24.3. The summed E-state index contributed by atoms with van der Waals surface area (Å²) < 4.78 is 33.2. The van der Waals surface area contributed by atoms with Gasteiger partial charge in [-0.3, -0.25) is 4.79 Å². The van der Waals surface area contributed by atoms with Crippen LogP contribution in [0.3, 0.4) is 0 Å². The molecule has 0 radical (unpaired) electrons. The van der Waals surface area contributed by atoms with Crippen molar-refractivity contribution in [3.63, 3.8) is 0 Å². The molecule has 34 heavy (non-hydrogen) atoms. The molecule has 1 aliphatic heterocycles. The number of carbonyl (C=O) groups is 1. The number of benzene rings is 2. The number of hydrogen-bond donors (Lipinski definition) is 1. The molecule has 0 atom stereocenters. The summed E-state index contributed by atoms with van der Waals surface area (Å²) in [4.78, 5) is 16.7. The predicted octanol–water partition coefficient (Wildman–Crippen LogP) is 4.60. The van der Waals surface area contributed by atoms with Crippen molar-refractivity contribution in [1.82, 2.24) is 14.4 Å². The molecule has 2 heterocycles. The Morgan fingerprint density at radius 3 is 2.44 bits per heavy atom. The Balaban J connectivity index is 1.38. The first-order valence-corrected chi connectivity index (χ1v) is 13.0. The van der Waals surface area contributed by atoms with E-state index in [1.54, 1.807) is 24.3 Å². The molecule has 1 aliphatic rings. The number of aryl methyl sites for hydroxylation is 1. The van der Waals surface area contributed by atoms with Gasteiger partial charge in [-0.05, 0) is 61.6 Å². The molecular weight excluding hydrogens is 452 g/mol. The fourth-order valence-corrected chi connectivity index (χ4v) is 5.59. The van der Waals surface area contributed by atoms with Gasteiger partial charge in [0.1, 0.15) is 0 Å². The van der Waals surface area contributed by atoms with Gasteiger partial charge >= 0.3 is 0 Å². The maximum Gasteiger partial charge on any atom is 0.258 e. The van der Waals surface area contributed by atoms with E-state index in [-0.39, 0.29) is 22.6 Å². The van der Waals surface area contributed by atoms with Crippen molar-refractivity contribution in [1.29, 1.82) is 0 Å². The van der Waals surface area contributed by atoms with E-state index in [9.17, 15) is 13.2 Å². The second-order valence-corrected chi connectivity index (χ2v) is 11.1. The van der Waals surface area contributed by atoms with Crippen molar-refractivity contribution in [3.05, 3.63) is 59.9 Å². The zero-order valence-corrected chi connectivity index (χ0v) is 20.5. The lowest BCUT2D eigenvalue weighted by molar-refractivity contribution is -0.116. The number of anilines is 1. The largest absolute Gasteiger partial charge is 0.334 e. The van der Waals surface area contributed by atoms with Gasteiger partial charge in [0.05, 0.1) is 4.90 Å². The van der Waals surface area contributed by atoms with Crippen LogP contribution in [0, 0.1) is 12.8 Å². The van der Waals surface area contributed by atoms with Gasteiger partial charge in [0.15, 0.2) is 5.82 Å². The Morgan fingerprint density at radius 1 is 1.12 bits per heavy atom. The van der Waals surface area contributed by atoms with E-state index < -0.39 is 10.0 Å². The van der Waals surface area contributed by atoms with Gasteiger partial charge in [-0.15, -0.1) is 0 Å². The van der Waals surface area contributed by atoms with Crippen LogP contribution in [0.4, 0.5) is 5.69 Å². The van der Waals surface area contributed by atoms with E-state index in [2.05, 4.69) is 15.5 Å². The lowest BCUT2D eigenvalue weighted by atomic mass is 9.97. The molecule has 3 aromatic rings. The number of nitrogens with zero attached hydrogens (tertiary/aromatic N) is 3. The first kappa shape index (κ1) is 24.1. The molecule has 2 aromatic carbocycles. The molecule has 1 N–H and O–H groups in total. The molecule has 9 heteroatoms. The highest BCUT2D eigenvalue weighted by Gasteiger charge is 2.32. The zero-order valence-electron chi connectivity index (χ0n) is 19.7. The van der Waals surface area contributed by atoms with Crippen LogP contribution in [0.1, 0.15) is 50.4 Å². The molecular formula is C25H30N4O4S. The van der Waals surface area contributed by atoms with E-state index in [4.69, 9.17) is 4.52 Å². The maximum atomic E-state index is 13.1. The van der Waals surface area contributed by atoms with Crippen LogP contribution in [0.5, 0.6) is 0 Å². The summed E-state index contributed by atoms with van der Waals surface area (Å²) >= 11 is 0. The number of aromatic nitrogens is 2. The molecule has 0 unspecified atom stereocenters. The molecule has 1 aromatic heterocycles. The first-order chi connectivity index (χ1) is 16.2. The molecule has 1 fully saturated rings. The van der Waals surface area contributed by atoms with E-state index >= 15 is 0 Å². The molecule has 180 valence electrons. The van der Waals surface area contributed by atoms with E-state index in [1.165, 1.54) is 4.31 Å². The van der Waals surface area contributed by atoms with Crippen molar-refractivity contribution in [2.45, 2.75) is 50.8 Å². The predicted molar refractivity (Wildman–Crippen MR) is 130 cm³/mol. The van der Waals surface area contributed by atoms with E-state index in [0.29, 0.717) is 49.8 Å². The monoisotopic (exact) mass is 482 g/mol. The van der Waals surface area contributed by atoms with Crippen molar-refractivity contribution in [2.24, 2.45) is 5.92 Å². The minimum atomic E-state index is -3.62. The van der Waals surface area contributed by atoms with Gasteiger partial charge < -0.3 is 9.84 Å². The Labute approximate surface area is 200 Å². The van der Waals surface area contributed by atoms with Crippen molar-refractivity contribution < 1.29 is 17.7 Å². The van der Waals surface area contributed by atoms with Gasteiger partial charge in [-0.2, -0.15) is 9.29 Å². The van der Waals surface area contributed by atoms with Crippen LogP contribution in [-0.4, -0.2) is 41.9 Å². The maximum absolute atomic E-state index is 13.1. The Morgan fingerprint density at radius 2 is 1.79 bits per heavy atom. The minimum Gasteiger partial charge on any atom is -0.334 e. The van der Waals surface area contributed by atoms with Gasteiger partial charge in [0.25, 0.3) is 5.89 Å². The van der Waals surface area contributed by atoms with E-state index in [0.717, 1.165) is 11.1 Å². The fraction of sp³-hybridized carbons (Fsp3) is 0.400. The number of hydrogen-bond acceptors (Lipinski definition) is 6. The van der Waals surface area contributed by atoms with Crippen LogP contribution in [0.25, 0.3) is 11.5 Å². The number of nitrogens with one attached hydrogen (secondary N) is 1. The fourth-order valence-electron chi connectivity index (χ4n) is 4.12. The third-order valence-corrected chi connectivity index (χ3v) is 7.92. The van der Waals surface area contributed by atoms with Gasteiger partial charge in [0, 0.05) is 36.7 Å². The molecule has 0 aliphatic carbocycles. The third-order valence-electron chi connectivity index (χ3n) is 6.01. The van der Waals surface area contributed by atoms with E-state index in [1.807, 2.05) is 45.0 Å². The van der Waals surface area contributed by atoms with Crippen molar-refractivity contribution in [3.8, 4) is 11.5 Å². The van der Waals surface area contributed by atoms with Crippen LogP contribution in [-0.2, 0) is 14.8 Å². The summed E-state index contributed by atoms with van der Waals surface area (Å²) in [5.74, 6) is 1.33. The highest BCUT2D eigenvalue weighted by Crippen LogP contribution is 2.31. The summed E-state index contributed by atoms with van der Waals surface area (Å²) in [6.45, 7) is 6.71. The number of amides is 1. The second kappa shape index (κ2) is 10.1. The standard InChI is InChI=1S/C25H30N4O4S/c1-17(2)16-23(30)26-20-8-10-21(11-9-20)34(31,32)29-14-12-19(13-15-29)24-27-25(33-28-24)22-7-5-4-6-18(22)3/h4-11,17,19H,12-16H2,1-3H3,(H,26,30). The normalized spacial score (nSPS) is 15.5. The SMILES string of the molecule is Cc1ccccc1-c1nc(C2CCN(S(=O)(=O)c3ccc(NC(=O)CC(C)C)cc3)CC2)no1. The number of sulfonamides is 1. The Bertz CT molecular complexity index is 1240. The first-order valence-electron chi connectivity index (χ1n) is 11.5. The molecule has 0 bridgehead atoms. The lowest BCUT2D eigenvalue weighted by Gasteiger charge is -2.29. The average Bonchev–Trinajstić information content (AvgIpc) is 3.29. The molecule has 0 spiro atoms. The van der Waals surface area contributed by atoms with Gasteiger partial charge in [-0.1, -0.05) is 37.2 Å². The quantitative estimate of drug-likeness (QED) is 0.528. The topological polar surface area (TPSA) is 105 Å². The van der Waals surface area contributed by atoms with Gasteiger partial charge in [0.2, 0.25) is 15.9 Å². The van der Waals surface area contributed by atoms with Crippen LogP contribution >= 0.6 is 0 Å². The second-order valence-electron chi connectivity index (χ2n) is 9.12. The Hall–Kier alpha value is -3.04. The molecule has 0 saturated carbocycles. The number of rotatable bonds is 7.